The van der Waals surface area contributed by atoms with Crippen molar-refractivity contribution >= 4 is 29.0 Å². The summed E-state index contributed by atoms with van der Waals surface area (Å²) in [5.74, 6) is 0. The monoisotopic (exact) mass is 397 g/mol. The average molecular weight is 398 g/mol. The van der Waals surface area contributed by atoms with E-state index in [-0.39, 0.29) is 0 Å². The molecule has 0 saturated carbocycles. The van der Waals surface area contributed by atoms with Gasteiger partial charge in [-0.2, -0.15) is 4.57 Å². The highest BCUT2D eigenvalue weighted by Gasteiger charge is 2.22. The second-order valence-corrected chi connectivity index (χ2v) is 7.78. The zero-order valence-corrected chi connectivity index (χ0v) is 17.1. The van der Waals surface area contributed by atoms with Crippen LogP contribution in [0.3, 0.4) is 0 Å². The van der Waals surface area contributed by atoms with E-state index in [9.17, 15) is 0 Å². The Hall–Kier alpha value is -2.88. The molecule has 0 atom stereocenters. The molecule has 0 bridgehead atoms. The van der Waals surface area contributed by atoms with Crippen molar-refractivity contribution in [2.75, 3.05) is 0 Å². The van der Waals surface area contributed by atoms with E-state index >= 15 is 0 Å². The number of aryl methyl sites for hydroxylation is 1. The quantitative estimate of drug-likeness (QED) is 0.242. The molecule has 0 N–H and O–H groups in total. The predicted octanol–water partition coefficient (Wildman–Crippen LogP) is 5.83. The molecule has 1 heterocycles. The van der Waals surface area contributed by atoms with Gasteiger partial charge in [-0.3, -0.25) is 0 Å². The zero-order valence-electron chi connectivity index (χ0n) is 15.5. The minimum absolute atomic E-state index is 0.454. The van der Waals surface area contributed by atoms with Crippen LogP contribution in [0.5, 0.6) is 0 Å². The van der Waals surface area contributed by atoms with E-state index in [0.717, 1.165) is 33.8 Å². The number of hydrogen-bond donors (Lipinski definition) is 0. The first-order chi connectivity index (χ1) is 13.6. The van der Waals surface area contributed by atoms with Crippen LogP contribution in [0.2, 0.25) is 0 Å². The normalized spacial score (nSPS) is 10.6. The van der Waals surface area contributed by atoms with Gasteiger partial charge < -0.3 is 24.8 Å². The Morgan fingerprint density at radius 1 is 0.714 bits per heavy atom. The van der Waals surface area contributed by atoms with Crippen LogP contribution in [-0.2, 0) is 12.6 Å². The lowest BCUT2D eigenvalue weighted by Gasteiger charge is -2.14. The van der Waals surface area contributed by atoms with Crippen molar-refractivity contribution in [3.63, 3.8) is 0 Å². The summed E-state index contributed by atoms with van der Waals surface area (Å²) in [5, 5.41) is 0. The summed E-state index contributed by atoms with van der Waals surface area (Å²) in [4.78, 5) is 0. The van der Waals surface area contributed by atoms with E-state index < -0.39 is 0 Å². The van der Waals surface area contributed by atoms with E-state index in [1.165, 1.54) is 5.56 Å². The van der Waals surface area contributed by atoms with Crippen molar-refractivity contribution in [2.24, 2.45) is 0 Å². The molecule has 3 aromatic carbocycles. The highest BCUT2D eigenvalue weighted by atomic mass is 32.1. The maximum absolute atomic E-state index is 5.49. The van der Waals surface area contributed by atoms with Crippen LogP contribution in [-0.4, -0.2) is 4.20 Å². The van der Waals surface area contributed by atoms with Gasteiger partial charge in [-0.25, -0.2) is 0 Å². The van der Waals surface area contributed by atoms with Gasteiger partial charge in [0, 0.05) is 29.8 Å². The first kappa shape index (κ1) is 18.5. The molecule has 0 aliphatic heterocycles. The number of hydrogen-bond acceptors (Lipinski definition) is 2. The maximum Gasteiger partial charge on any atom is 0.219 e. The maximum atomic E-state index is 5.49. The van der Waals surface area contributed by atoms with Gasteiger partial charge in [0.2, 0.25) is 11.4 Å². The van der Waals surface area contributed by atoms with Crippen molar-refractivity contribution in [3.05, 3.63) is 108 Å². The average Bonchev–Trinajstić information content (AvgIpc) is 2.75. The predicted molar refractivity (Wildman–Crippen MR) is 123 cm³/mol. The summed E-state index contributed by atoms with van der Waals surface area (Å²) in [7, 11) is 0. The fourth-order valence-electron chi connectivity index (χ4n) is 3.34. The van der Waals surface area contributed by atoms with Crippen molar-refractivity contribution < 1.29 is 4.57 Å². The first-order valence-electron chi connectivity index (χ1n) is 9.13. The van der Waals surface area contributed by atoms with Gasteiger partial charge in [-0.1, -0.05) is 70.4 Å². The van der Waals surface area contributed by atoms with E-state index in [1.807, 2.05) is 24.3 Å². The van der Waals surface area contributed by atoms with Gasteiger partial charge in [0.1, 0.15) is 0 Å². The second kappa shape index (κ2) is 8.01. The molecule has 0 saturated heterocycles. The molecule has 0 aliphatic carbocycles. The van der Waals surface area contributed by atoms with Crippen LogP contribution >= 0.6 is 12.2 Å². The van der Waals surface area contributed by atoms with Gasteiger partial charge in [0.25, 0.3) is 0 Å². The lowest BCUT2D eigenvalue weighted by molar-refractivity contribution is -0.584. The standard InChI is InChI=1S/C25H19NS2/c1-18-12-14-22(15-13-18)26-23(20-10-6-3-7-11-20)16-21(17-24(26)25(27)28)19-8-4-2-5-9-19/h2-17H,1H3. The zero-order chi connectivity index (χ0) is 19.5. The summed E-state index contributed by atoms with van der Waals surface area (Å²) in [6.07, 6.45) is 0. The Bertz CT molecular complexity index is 1120. The Labute approximate surface area is 176 Å². The highest BCUT2D eigenvalue weighted by molar-refractivity contribution is 8.01. The lowest BCUT2D eigenvalue weighted by atomic mass is 10.0. The molecule has 1 nitrogen and oxygen atoms in total. The summed E-state index contributed by atoms with van der Waals surface area (Å²) in [6.45, 7) is 2.09. The third kappa shape index (κ3) is 3.72. The third-order valence-electron chi connectivity index (χ3n) is 4.74. The van der Waals surface area contributed by atoms with E-state index in [2.05, 4.69) is 84.3 Å². The SMILES string of the molecule is Cc1ccc(-[n+]2c(C(=S)[S-])cc(-c3ccccc3)cc2-c2ccccc2)cc1. The number of benzene rings is 3. The minimum atomic E-state index is 0.454. The molecule has 0 unspecified atom stereocenters. The van der Waals surface area contributed by atoms with E-state index in [4.69, 9.17) is 24.8 Å². The number of aromatic nitrogens is 1. The van der Waals surface area contributed by atoms with E-state index in [1.54, 1.807) is 0 Å². The topological polar surface area (TPSA) is 3.88 Å². The molecule has 1 aromatic heterocycles. The van der Waals surface area contributed by atoms with Crippen LogP contribution < -0.4 is 4.57 Å². The molecule has 0 radical (unpaired) electrons. The molecule has 0 fully saturated rings. The van der Waals surface area contributed by atoms with Crippen LogP contribution in [0.25, 0.3) is 28.1 Å². The highest BCUT2D eigenvalue weighted by Crippen LogP contribution is 2.26. The van der Waals surface area contributed by atoms with Gasteiger partial charge >= 0.3 is 0 Å². The first-order valence-corrected chi connectivity index (χ1v) is 9.94. The third-order valence-corrected chi connectivity index (χ3v) is 5.16. The van der Waals surface area contributed by atoms with Gasteiger partial charge in [0.15, 0.2) is 5.69 Å². The summed E-state index contributed by atoms with van der Waals surface area (Å²) in [5.41, 5.74) is 7.55. The molecule has 0 spiro atoms. The number of pyridine rings is 1. The fourth-order valence-corrected chi connectivity index (χ4v) is 3.64. The number of thiocarbonyl (C=S) groups is 1. The van der Waals surface area contributed by atoms with Crippen LogP contribution in [0.1, 0.15) is 11.3 Å². The summed E-state index contributed by atoms with van der Waals surface area (Å²) < 4.78 is 2.62. The Morgan fingerprint density at radius 2 is 1.29 bits per heavy atom. The van der Waals surface area contributed by atoms with Crippen molar-refractivity contribution in [1.29, 1.82) is 0 Å². The molecule has 4 rings (SSSR count). The van der Waals surface area contributed by atoms with Crippen LogP contribution in [0.4, 0.5) is 0 Å². The van der Waals surface area contributed by atoms with Gasteiger partial charge in [0.05, 0.1) is 0 Å². The van der Waals surface area contributed by atoms with Crippen molar-refractivity contribution in [2.45, 2.75) is 6.92 Å². The van der Waals surface area contributed by atoms with E-state index in [0.29, 0.717) is 4.20 Å². The fraction of sp³-hybridized carbons (Fsp3) is 0.0400. The second-order valence-electron chi connectivity index (χ2n) is 6.70. The number of nitrogens with zero attached hydrogens (tertiary/aromatic N) is 1. The van der Waals surface area contributed by atoms with Crippen molar-refractivity contribution in [3.8, 4) is 28.1 Å². The molecule has 136 valence electrons. The molecule has 4 aromatic rings. The summed E-state index contributed by atoms with van der Waals surface area (Å²) >= 11 is 11.0. The van der Waals surface area contributed by atoms with Gasteiger partial charge in [-0.15, -0.1) is 0 Å². The van der Waals surface area contributed by atoms with Gasteiger partial charge in [-0.05, 0) is 30.2 Å². The number of rotatable bonds is 4. The minimum Gasteiger partial charge on any atom is -0.422 e. The Morgan fingerprint density at radius 3 is 1.86 bits per heavy atom. The molecule has 0 amide bonds. The molecular weight excluding hydrogens is 378 g/mol. The Kier molecular flexibility index (Phi) is 5.29. The van der Waals surface area contributed by atoms with Crippen molar-refractivity contribution in [1.82, 2.24) is 0 Å². The molecule has 28 heavy (non-hydrogen) atoms. The smallest absolute Gasteiger partial charge is 0.219 e. The van der Waals surface area contributed by atoms with Crippen LogP contribution in [0, 0.1) is 6.92 Å². The molecule has 3 heteroatoms. The molecule has 0 aliphatic rings. The lowest BCUT2D eigenvalue weighted by Crippen LogP contribution is -2.40. The Balaban J connectivity index is 2.05. The van der Waals surface area contributed by atoms with Crippen LogP contribution in [0.15, 0.2) is 97.1 Å². The summed E-state index contributed by atoms with van der Waals surface area (Å²) in [6, 6.07) is 33.4. The molecular formula is C25H19NS2. The largest absolute Gasteiger partial charge is 0.422 e.